The Hall–Kier alpha value is -2.70. The molecule has 2 aromatic carbocycles. The molecule has 4 atom stereocenters. The molecule has 0 radical (unpaired) electrons. The molecule has 2 aromatic rings. The van der Waals surface area contributed by atoms with E-state index in [4.69, 9.17) is 9.47 Å². The van der Waals surface area contributed by atoms with Crippen molar-refractivity contribution >= 4 is 11.9 Å². The lowest BCUT2D eigenvalue weighted by atomic mass is 9.57. The number of nitrogens with one attached hydrogen (secondary N) is 1. The Labute approximate surface area is 208 Å². The predicted octanol–water partition coefficient (Wildman–Crippen LogP) is 4.19. The first-order valence-electron chi connectivity index (χ1n) is 12.9. The molecule has 1 aliphatic heterocycles. The molecular weight excluding hydrogens is 440 g/mol. The number of benzene rings is 2. The van der Waals surface area contributed by atoms with E-state index in [0.717, 1.165) is 38.3 Å². The molecule has 6 nitrogen and oxygen atoms in total. The Morgan fingerprint density at radius 2 is 1.91 bits per heavy atom. The number of carbonyl (C=O) groups excluding carboxylic acids is 2. The van der Waals surface area contributed by atoms with Gasteiger partial charge in [-0.25, -0.2) is 0 Å². The standard InChI is InChI=1S/C29H36N2O4/c1-20(32)35-25-10-6-9-23(15-25)29-13-14-31(18-21-11-12-21)19-26(29)27(34-2)16-24(17-29)30-28(33)22-7-4-3-5-8-22/h3-10,15,21,24,26-27H,11-14,16-19H2,1-2H3,(H,30,33)/t24-,26-,27?,29-/m0/s1. The van der Waals surface area contributed by atoms with E-state index in [-0.39, 0.29) is 29.4 Å². The normalized spacial score (nSPS) is 28.7. The van der Waals surface area contributed by atoms with E-state index in [1.54, 1.807) is 7.11 Å². The van der Waals surface area contributed by atoms with Crippen molar-refractivity contribution in [2.75, 3.05) is 26.7 Å². The molecule has 0 aromatic heterocycles. The molecule has 0 bridgehead atoms. The molecule has 35 heavy (non-hydrogen) atoms. The molecule has 1 N–H and O–H groups in total. The Morgan fingerprint density at radius 3 is 2.63 bits per heavy atom. The zero-order chi connectivity index (χ0) is 24.4. The molecule has 6 heteroatoms. The fourth-order valence-corrected chi connectivity index (χ4v) is 6.35. The van der Waals surface area contributed by atoms with Crippen LogP contribution in [0.2, 0.25) is 0 Å². The van der Waals surface area contributed by atoms with Gasteiger partial charge in [-0.1, -0.05) is 30.3 Å². The van der Waals surface area contributed by atoms with Gasteiger partial charge in [0.2, 0.25) is 0 Å². The average molecular weight is 477 g/mol. The summed E-state index contributed by atoms with van der Waals surface area (Å²) in [6.07, 6.45) is 5.35. The van der Waals surface area contributed by atoms with Gasteiger partial charge in [-0.05, 0) is 74.4 Å². The topological polar surface area (TPSA) is 67.9 Å². The lowest BCUT2D eigenvalue weighted by Gasteiger charge is -2.55. The summed E-state index contributed by atoms with van der Waals surface area (Å²) in [5, 5.41) is 3.31. The van der Waals surface area contributed by atoms with Gasteiger partial charge >= 0.3 is 5.97 Å². The van der Waals surface area contributed by atoms with Gasteiger partial charge in [0.15, 0.2) is 0 Å². The number of esters is 1. The van der Waals surface area contributed by atoms with Gasteiger partial charge in [0.1, 0.15) is 5.75 Å². The van der Waals surface area contributed by atoms with Crippen molar-refractivity contribution in [1.82, 2.24) is 10.2 Å². The van der Waals surface area contributed by atoms with Crippen LogP contribution in [0.3, 0.4) is 0 Å². The van der Waals surface area contributed by atoms with E-state index in [1.165, 1.54) is 31.9 Å². The predicted molar refractivity (Wildman–Crippen MR) is 134 cm³/mol. The van der Waals surface area contributed by atoms with E-state index >= 15 is 0 Å². The molecule has 3 aliphatic rings. The highest BCUT2D eigenvalue weighted by atomic mass is 16.5. The summed E-state index contributed by atoms with van der Waals surface area (Å²) >= 11 is 0. The maximum Gasteiger partial charge on any atom is 0.308 e. The number of fused-ring (bicyclic) bond motifs is 1. The molecule has 1 heterocycles. The van der Waals surface area contributed by atoms with Crippen molar-refractivity contribution in [1.29, 1.82) is 0 Å². The number of amides is 1. The Bertz CT molecular complexity index is 1050. The van der Waals surface area contributed by atoms with E-state index in [2.05, 4.69) is 16.3 Å². The van der Waals surface area contributed by atoms with Crippen LogP contribution < -0.4 is 10.1 Å². The summed E-state index contributed by atoms with van der Waals surface area (Å²) in [5.41, 5.74) is 1.69. The number of hydrogen-bond acceptors (Lipinski definition) is 5. The van der Waals surface area contributed by atoms with Gasteiger partial charge in [-0.3, -0.25) is 9.59 Å². The first kappa shape index (κ1) is 24.0. The quantitative estimate of drug-likeness (QED) is 0.480. The van der Waals surface area contributed by atoms with Crippen molar-refractivity contribution in [3.05, 3.63) is 65.7 Å². The number of nitrogens with zero attached hydrogens (tertiary/aromatic N) is 1. The molecule has 0 spiro atoms. The zero-order valence-electron chi connectivity index (χ0n) is 20.7. The van der Waals surface area contributed by atoms with Crippen LogP contribution in [0.1, 0.15) is 54.9 Å². The summed E-state index contributed by atoms with van der Waals surface area (Å²) in [6.45, 7) is 4.62. The van der Waals surface area contributed by atoms with Crippen molar-refractivity contribution in [2.24, 2.45) is 11.8 Å². The highest BCUT2D eigenvalue weighted by molar-refractivity contribution is 5.94. The number of carbonyl (C=O) groups is 2. The smallest absolute Gasteiger partial charge is 0.308 e. The number of methoxy groups -OCH3 is 1. The van der Waals surface area contributed by atoms with Crippen LogP contribution in [-0.4, -0.2) is 55.7 Å². The molecule has 1 saturated heterocycles. The average Bonchev–Trinajstić information content (AvgIpc) is 3.68. The summed E-state index contributed by atoms with van der Waals surface area (Å²) in [5.74, 6) is 1.36. The van der Waals surface area contributed by atoms with Gasteiger partial charge in [0, 0.05) is 50.1 Å². The number of rotatable bonds is 7. The summed E-state index contributed by atoms with van der Waals surface area (Å²) in [7, 11) is 1.80. The van der Waals surface area contributed by atoms with Crippen molar-refractivity contribution in [3.63, 3.8) is 0 Å². The largest absolute Gasteiger partial charge is 0.427 e. The number of piperidine rings is 1. The second kappa shape index (κ2) is 10.1. The lowest BCUT2D eigenvalue weighted by Crippen LogP contribution is -2.61. The molecular formula is C29H36N2O4. The third-order valence-electron chi connectivity index (χ3n) is 8.17. The minimum atomic E-state index is -0.318. The zero-order valence-corrected chi connectivity index (χ0v) is 20.7. The van der Waals surface area contributed by atoms with Crippen LogP contribution in [0.25, 0.3) is 0 Å². The van der Waals surface area contributed by atoms with Gasteiger partial charge in [0.05, 0.1) is 6.10 Å². The molecule has 1 unspecified atom stereocenters. The van der Waals surface area contributed by atoms with E-state index in [0.29, 0.717) is 17.2 Å². The maximum atomic E-state index is 13.0. The third-order valence-corrected chi connectivity index (χ3v) is 8.17. The molecule has 2 aliphatic carbocycles. The monoisotopic (exact) mass is 476 g/mol. The van der Waals surface area contributed by atoms with E-state index < -0.39 is 0 Å². The summed E-state index contributed by atoms with van der Waals surface area (Å²) in [4.78, 5) is 27.3. The first-order valence-corrected chi connectivity index (χ1v) is 12.9. The maximum absolute atomic E-state index is 13.0. The second-order valence-corrected chi connectivity index (χ2v) is 10.6. The van der Waals surface area contributed by atoms with Crippen molar-refractivity contribution < 1.29 is 19.1 Å². The van der Waals surface area contributed by atoms with Gasteiger partial charge in [0.25, 0.3) is 5.91 Å². The Kier molecular flexibility index (Phi) is 6.94. The van der Waals surface area contributed by atoms with Gasteiger partial charge < -0.3 is 19.7 Å². The number of ether oxygens (including phenoxy) is 2. The molecule has 186 valence electrons. The summed E-state index contributed by atoms with van der Waals surface area (Å²) in [6, 6.07) is 17.4. The van der Waals surface area contributed by atoms with Crippen LogP contribution in [0, 0.1) is 11.8 Å². The highest BCUT2D eigenvalue weighted by Crippen LogP contribution is 2.51. The minimum Gasteiger partial charge on any atom is -0.427 e. The fraction of sp³-hybridized carbons (Fsp3) is 0.517. The molecule has 2 saturated carbocycles. The number of likely N-dealkylation sites (tertiary alicyclic amines) is 1. The van der Waals surface area contributed by atoms with Gasteiger partial charge in [-0.2, -0.15) is 0 Å². The molecule has 3 fully saturated rings. The van der Waals surface area contributed by atoms with Crippen molar-refractivity contribution in [2.45, 2.75) is 56.6 Å². The second-order valence-electron chi connectivity index (χ2n) is 10.6. The van der Waals surface area contributed by atoms with Gasteiger partial charge in [-0.15, -0.1) is 0 Å². The van der Waals surface area contributed by atoms with Crippen LogP contribution in [-0.2, 0) is 14.9 Å². The Morgan fingerprint density at radius 1 is 1.11 bits per heavy atom. The fourth-order valence-electron chi connectivity index (χ4n) is 6.35. The minimum absolute atomic E-state index is 0.00345. The lowest BCUT2D eigenvalue weighted by molar-refractivity contribution is -0.131. The van der Waals surface area contributed by atoms with E-state index in [9.17, 15) is 9.59 Å². The van der Waals surface area contributed by atoms with E-state index in [1.807, 2.05) is 48.5 Å². The SMILES string of the molecule is COC1C[C@H](NC(=O)c2ccccc2)C[C@]2(c3cccc(OC(C)=O)c3)CCN(CC3CC3)C[C@@H]12. The van der Waals surface area contributed by atoms with Crippen LogP contribution in [0.4, 0.5) is 0 Å². The molecule has 5 rings (SSSR count). The third kappa shape index (κ3) is 5.29. The summed E-state index contributed by atoms with van der Waals surface area (Å²) < 4.78 is 11.6. The van der Waals surface area contributed by atoms with Crippen LogP contribution >= 0.6 is 0 Å². The van der Waals surface area contributed by atoms with Crippen molar-refractivity contribution in [3.8, 4) is 5.75 Å². The Balaban J connectivity index is 1.46. The van der Waals surface area contributed by atoms with Crippen LogP contribution in [0.5, 0.6) is 5.75 Å². The first-order chi connectivity index (χ1) is 17.0. The van der Waals surface area contributed by atoms with Crippen LogP contribution in [0.15, 0.2) is 54.6 Å². The highest BCUT2D eigenvalue weighted by Gasteiger charge is 2.53. The molecule has 1 amide bonds. The number of hydrogen-bond donors (Lipinski definition) is 1.